The normalized spacial score (nSPS) is 12.8. The Bertz CT molecular complexity index is 383. The summed E-state index contributed by atoms with van der Waals surface area (Å²) in [5, 5.41) is 2.89. The number of nitrogens with one attached hydrogen (secondary N) is 1. The van der Waals surface area contributed by atoms with Gasteiger partial charge >= 0.3 is 0 Å². The van der Waals surface area contributed by atoms with E-state index in [2.05, 4.69) is 5.32 Å². The van der Waals surface area contributed by atoms with E-state index in [1.54, 1.807) is 7.11 Å². The number of nitrogen functional groups attached to an aromatic ring is 1. The van der Waals surface area contributed by atoms with Gasteiger partial charge in [0, 0.05) is 7.11 Å². The Hall–Kier alpha value is -1.36. The Kier molecular flexibility index (Phi) is 4.69. The van der Waals surface area contributed by atoms with Crippen LogP contribution in [-0.4, -0.2) is 19.8 Å². The Labute approximate surface area is 100.0 Å². The van der Waals surface area contributed by atoms with Crippen LogP contribution in [0.2, 0.25) is 0 Å². The molecule has 0 amide bonds. The molecular weight excluding hydrogens is 226 g/mol. The number of rotatable bonds is 5. The van der Waals surface area contributed by atoms with Crippen molar-refractivity contribution < 1.29 is 13.5 Å². The molecule has 1 unspecified atom stereocenters. The molecule has 0 heterocycles. The van der Waals surface area contributed by atoms with Gasteiger partial charge in [0.1, 0.15) is 0 Å². The quantitative estimate of drug-likeness (QED) is 0.783. The molecule has 0 saturated carbocycles. The van der Waals surface area contributed by atoms with Gasteiger partial charge in [0.15, 0.2) is 11.6 Å². The molecule has 3 nitrogen and oxygen atoms in total. The summed E-state index contributed by atoms with van der Waals surface area (Å²) >= 11 is 0. The lowest BCUT2D eigenvalue weighted by molar-refractivity contribution is 0.171. The van der Waals surface area contributed by atoms with Gasteiger partial charge in [-0.2, -0.15) is 0 Å². The molecule has 0 radical (unpaired) electrons. The Morgan fingerprint density at radius 3 is 2.53 bits per heavy atom. The maximum absolute atomic E-state index is 13.6. The molecule has 0 aromatic heterocycles. The van der Waals surface area contributed by atoms with Crippen molar-refractivity contribution in [2.45, 2.75) is 19.9 Å². The van der Waals surface area contributed by atoms with Crippen molar-refractivity contribution in [3.63, 3.8) is 0 Å². The smallest absolute Gasteiger partial charge is 0.183 e. The van der Waals surface area contributed by atoms with Gasteiger partial charge in [-0.25, -0.2) is 8.78 Å². The summed E-state index contributed by atoms with van der Waals surface area (Å²) in [7, 11) is 1.56. The molecule has 0 bridgehead atoms. The van der Waals surface area contributed by atoms with E-state index in [-0.39, 0.29) is 23.3 Å². The molecule has 0 fully saturated rings. The highest BCUT2D eigenvalue weighted by Crippen LogP contribution is 2.26. The monoisotopic (exact) mass is 244 g/mol. The lowest BCUT2D eigenvalue weighted by Crippen LogP contribution is -2.31. The van der Waals surface area contributed by atoms with Crippen LogP contribution in [0.1, 0.15) is 13.8 Å². The molecule has 1 aromatic carbocycles. The summed E-state index contributed by atoms with van der Waals surface area (Å²) in [5.41, 5.74) is 5.81. The first-order valence-electron chi connectivity index (χ1n) is 5.46. The summed E-state index contributed by atoms with van der Waals surface area (Å²) in [6.07, 6.45) is 0. The fraction of sp³-hybridized carbons (Fsp3) is 0.500. The number of methoxy groups -OCH3 is 1. The van der Waals surface area contributed by atoms with Crippen LogP contribution in [0, 0.1) is 17.6 Å². The minimum atomic E-state index is -0.952. The zero-order valence-corrected chi connectivity index (χ0v) is 10.3. The zero-order chi connectivity index (χ0) is 13.0. The summed E-state index contributed by atoms with van der Waals surface area (Å²) < 4.78 is 31.7. The lowest BCUT2D eigenvalue weighted by Gasteiger charge is -2.23. The van der Waals surface area contributed by atoms with Crippen LogP contribution in [0.15, 0.2) is 12.1 Å². The number of anilines is 2. The Morgan fingerprint density at radius 1 is 1.35 bits per heavy atom. The van der Waals surface area contributed by atoms with Crippen molar-refractivity contribution in [3.05, 3.63) is 23.8 Å². The number of halogens is 2. The fourth-order valence-corrected chi connectivity index (χ4v) is 1.48. The molecule has 5 heteroatoms. The molecule has 1 rings (SSSR count). The second kappa shape index (κ2) is 5.82. The van der Waals surface area contributed by atoms with Crippen LogP contribution in [0.25, 0.3) is 0 Å². The molecule has 0 aliphatic carbocycles. The summed E-state index contributed by atoms with van der Waals surface area (Å²) in [5.74, 6) is -1.66. The third kappa shape index (κ3) is 3.30. The molecule has 0 aliphatic heterocycles. The van der Waals surface area contributed by atoms with Gasteiger partial charge in [0.25, 0.3) is 0 Å². The van der Waals surface area contributed by atoms with Crippen LogP contribution in [-0.2, 0) is 4.74 Å². The van der Waals surface area contributed by atoms with Crippen molar-refractivity contribution in [1.82, 2.24) is 0 Å². The number of hydrogen-bond acceptors (Lipinski definition) is 3. The molecule has 0 aliphatic rings. The molecule has 1 atom stereocenters. The highest BCUT2D eigenvalue weighted by Gasteiger charge is 2.18. The van der Waals surface area contributed by atoms with Crippen LogP contribution >= 0.6 is 0 Å². The van der Waals surface area contributed by atoms with E-state index in [0.717, 1.165) is 6.07 Å². The minimum Gasteiger partial charge on any atom is -0.397 e. The average Bonchev–Trinajstić information content (AvgIpc) is 2.28. The van der Waals surface area contributed by atoms with Crippen molar-refractivity contribution >= 4 is 11.4 Å². The highest BCUT2D eigenvalue weighted by molar-refractivity contribution is 5.67. The molecule has 1 aromatic rings. The molecule has 96 valence electrons. The first kappa shape index (κ1) is 13.7. The van der Waals surface area contributed by atoms with Crippen molar-refractivity contribution in [2.24, 2.45) is 5.92 Å². The predicted octanol–water partition coefficient (Wildman–Crippen LogP) is 2.63. The van der Waals surface area contributed by atoms with Crippen LogP contribution in [0.5, 0.6) is 0 Å². The van der Waals surface area contributed by atoms with E-state index < -0.39 is 11.6 Å². The Balaban J connectivity index is 2.96. The largest absolute Gasteiger partial charge is 0.397 e. The maximum Gasteiger partial charge on any atom is 0.183 e. The SMILES string of the molecule is COCC(Nc1c(N)ccc(F)c1F)C(C)C. The van der Waals surface area contributed by atoms with E-state index >= 15 is 0 Å². The summed E-state index contributed by atoms with van der Waals surface area (Å²) in [4.78, 5) is 0. The van der Waals surface area contributed by atoms with Gasteiger partial charge in [0.2, 0.25) is 0 Å². The van der Waals surface area contributed by atoms with Gasteiger partial charge in [-0.05, 0) is 18.1 Å². The first-order valence-corrected chi connectivity index (χ1v) is 5.46. The van der Waals surface area contributed by atoms with E-state index in [0.29, 0.717) is 6.61 Å². The van der Waals surface area contributed by atoms with Gasteiger partial charge in [0.05, 0.1) is 24.0 Å². The fourth-order valence-electron chi connectivity index (χ4n) is 1.48. The number of hydrogen-bond donors (Lipinski definition) is 2. The van der Waals surface area contributed by atoms with Crippen LogP contribution in [0.3, 0.4) is 0 Å². The third-order valence-corrected chi connectivity index (χ3v) is 2.61. The highest BCUT2D eigenvalue weighted by atomic mass is 19.2. The molecule has 17 heavy (non-hydrogen) atoms. The van der Waals surface area contributed by atoms with Crippen molar-refractivity contribution in [3.8, 4) is 0 Å². The molecule has 0 spiro atoms. The van der Waals surface area contributed by atoms with Gasteiger partial charge < -0.3 is 15.8 Å². The van der Waals surface area contributed by atoms with Crippen molar-refractivity contribution in [1.29, 1.82) is 0 Å². The van der Waals surface area contributed by atoms with Crippen molar-refractivity contribution in [2.75, 3.05) is 24.8 Å². The third-order valence-electron chi connectivity index (χ3n) is 2.61. The first-order chi connectivity index (χ1) is 7.97. The van der Waals surface area contributed by atoms with Gasteiger partial charge in [-0.15, -0.1) is 0 Å². The molecule has 0 saturated heterocycles. The van der Waals surface area contributed by atoms with E-state index in [1.807, 2.05) is 13.8 Å². The average molecular weight is 244 g/mol. The number of benzene rings is 1. The minimum absolute atomic E-state index is 0.000694. The molecular formula is C12H18F2N2O. The van der Waals surface area contributed by atoms with E-state index in [1.165, 1.54) is 6.07 Å². The van der Waals surface area contributed by atoms with Crippen LogP contribution < -0.4 is 11.1 Å². The summed E-state index contributed by atoms with van der Waals surface area (Å²) in [6, 6.07) is 2.22. The standard InChI is InChI=1S/C12H18F2N2O/c1-7(2)10(6-17-3)16-12-9(15)5-4-8(13)11(12)14/h4-5,7,10,16H,6,15H2,1-3H3. The Morgan fingerprint density at radius 2 is 2.00 bits per heavy atom. The number of nitrogens with two attached hydrogens (primary N) is 1. The number of ether oxygens (including phenoxy) is 1. The topological polar surface area (TPSA) is 47.3 Å². The summed E-state index contributed by atoms with van der Waals surface area (Å²) in [6.45, 7) is 4.32. The second-order valence-corrected chi connectivity index (χ2v) is 4.28. The lowest BCUT2D eigenvalue weighted by atomic mass is 10.0. The zero-order valence-electron chi connectivity index (χ0n) is 10.3. The van der Waals surface area contributed by atoms with Gasteiger partial charge in [-0.3, -0.25) is 0 Å². The van der Waals surface area contributed by atoms with E-state index in [4.69, 9.17) is 10.5 Å². The van der Waals surface area contributed by atoms with E-state index in [9.17, 15) is 8.78 Å². The molecule has 3 N–H and O–H groups in total. The van der Waals surface area contributed by atoms with Gasteiger partial charge in [-0.1, -0.05) is 13.8 Å². The second-order valence-electron chi connectivity index (χ2n) is 4.28. The maximum atomic E-state index is 13.6. The predicted molar refractivity (Wildman–Crippen MR) is 64.9 cm³/mol. The van der Waals surface area contributed by atoms with Crippen LogP contribution in [0.4, 0.5) is 20.2 Å².